The van der Waals surface area contributed by atoms with Crippen LogP contribution in [0.1, 0.15) is 17.4 Å². The predicted octanol–water partition coefficient (Wildman–Crippen LogP) is 3.40. The van der Waals surface area contributed by atoms with Crippen LogP contribution >= 0.6 is 0 Å². The number of aromatic nitrogens is 3. The summed E-state index contributed by atoms with van der Waals surface area (Å²) in [6.45, 7) is 1.89. The summed E-state index contributed by atoms with van der Waals surface area (Å²) >= 11 is 0. The minimum Gasteiger partial charge on any atom is -0.508 e. The molecular weight excluding hydrogens is 437 g/mol. The molecule has 1 aliphatic heterocycles. The van der Waals surface area contributed by atoms with Crippen molar-refractivity contribution in [3.05, 3.63) is 84.7 Å². The first-order chi connectivity index (χ1) is 16.4. The standard InChI is InChI=1S/C24H22FN7O2/c1-14(29-22-20(21(26)27-13-28-22)15-10-16(25)12-18(33)11-15)23-30-31-9-5-8-19(31)24(34)32(23)17-6-3-2-4-7-17/h2-14,23,30,33H,1H3,(H3,26,27,28,29)/t14-,23?/m0/s1. The summed E-state index contributed by atoms with van der Waals surface area (Å²) in [6.07, 6.45) is 2.56. The van der Waals surface area contributed by atoms with E-state index in [-0.39, 0.29) is 17.5 Å². The number of nitrogens with two attached hydrogens (primary N) is 1. The minimum absolute atomic E-state index is 0.120. The Morgan fingerprint density at radius 2 is 1.94 bits per heavy atom. The maximum Gasteiger partial charge on any atom is 0.278 e. The van der Waals surface area contributed by atoms with Crippen LogP contribution in [0.25, 0.3) is 11.1 Å². The molecule has 3 heterocycles. The van der Waals surface area contributed by atoms with Gasteiger partial charge in [-0.05, 0) is 48.9 Å². The van der Waals surface area contributed by atoms with E-state index in [1.807, 2.05) is 37.3 Å². The second kappa shape index (κ2) is 8.39. The highest BCUT2D eigenvalue weighted by Gasteiger charge is 2.36. The van der Waals surface area contributed by atoms with E-state index in [1.54, 1.807) is 27.9 Å². The van der Waals surface area contributed by atoms with Crippen molar-refractivity contribution >= 4 is 23.2 Å². The average molecular weight is 459 g/mol. The second-order valence-corrected chi connectivity index (χ2v) is 7.96. The Labute approximate surface area is 194 Å². The van der Waals surface area contributed by atoms with E-state index in [0.717, 1.165) is 11.8 Å². The van der Waals surface area contributed by atoms with Crippen LogP contribution in [0.4, 0.5) is 21.7 Å². The molecule has 0 saturated carbocycles. The fourth-order valence-corrected chi connectivity index (χ4v) is 4.13. The molecule has 0 radical (unpaired) electrons. The zero-order valence-electron chi connectivity index (χ0n) is 18.2. The van der Waals surface area contributed by atoms with Gasteiger partial charge in [-0.25, -0.2) is 14.4 Å². The quantitative estimate of drug-likeness (QED) is 0.361. The fraction of sp³-hybridized carbons (Fsp3) is 0.125. The van der Waals surface area contributed by atoms with Crippen LogP contribution in [0, 0.1) is 5.82 Å². The van der Waals surface area contributed by atoms with E-state index in [0.29, 0.717) is 22.6 Å². The number of anilines is 3. The van der Waals surface area contributed by atoms with Gasteiger partial charge in [0.15, 0.2) is 0 Å². The van der Waals surface area contributed by atoms with Gasteiger partial charge in [0.2, 0.25) is 0 Å². The van der Waals surface area contributed by atoms with Crippen LogP contribution in [0.3, 0.4) is 0 Å². The predicted molar refractivity (Wildman–Crippen MR) is 127 cm³/mol. The number of carbonyl (C=O) groups is 1. The van der Waals surface area contributed by atoms with Gasteiger partial charge >= 0.3 is 0 Å². The van der Waals surface area contributed by atoms with Gasteiger partial charge in [-0.2, -0.15) is 0 Å². The number of benzene rings is 2. The summed E-state index contributed by atoms with van der Waals surface area (Å²) < 4.78 is 15.7. The van der Waals surface area contributed by atoms with Gasteiger partial charge in [0, 0.05) is 18.0 Å². The molecule has 1 aliphatic rings. The lowest BCUT2D eigenvalue weighted by molar-refractivity contribution is 0.0955. The van der Waals surface area contributed by atoms with Crippen molar-refractivity contribution in [1.82, 2.24) is 14.6 Å². The number of hydrogen-bond acceptors (Lipinski definition) is 7. The van der Waals surface area contributed by atoms with E-state index in [2.05, 4.69) is 20.7 Å². The molecular formula is C24H22FN7O2. The summed E-state index contributed by atoms with van der Waals surface area (Å²) in [5, 5.41) is 13.2. The number of fused-ring (bicyclic) bond motifs is 1. The number of aromatic hydroxyl groups is 1. The first kappa shape index (κ1) is 21.3. The molecule has 0 spiro atoms. The molecule has 0 bridgehead atoms. The van der Waals surface area contributed by atoms with Gasteiger partial charge in [-0.3, -0.25) is 14.4 Å². The number of hydrogen-bond donors (Lipinski definition) is 4. The van der Waals surface area contributed by atoms with Gasteiger partial charge in [-0.15, -0.1) is 0 Å². The van der Waals surface area contributed by atoms with Crippen LogP contribution in [-0.2, 0) is 0 Å². The van der Waals surface area contributed by atoms with Crippen molar-refractivity contribution in [2.24, 2.45) is 0 Å². The molecule has 2 aromatic heterocycles. The zero-order chi connectivity index (χ0) is 23.8. The molecule has 0 fully saturated rings. The summed E-state index contributed by atoms with van der Waals surface area (Å²) in [5.74, 6) is -0.564. The first-order valence-corrected chi connectivity index (χ1v) is 10.6. The Morgan fingerprint density at radius 3 is 2.71 bits per heavy atom. The summed E-state index contributed by atoms with van der Waals surface area (Å²) in [6, 6.07) is 16.1. The SMILES string of the molecule is C[C@H](Nc1ncnc(N)c1-c1cc(O)cc(F)c1)C1Nn2cccc2C(=O)N1c1ccccc1. The van der Waals surface area contributed by atoms with Crippen LogP contribution in [0.5, 0.6) is 5.75 Å². The number of para-hydroxylation sites is 1. The lowest BCUT2D eigenvalue weighted by Gasteiger charge is -2.41. The molecule has 2 atom stereocenters. The zero-order valence-corrected chi connectivity index (χ0v) is 18.2. The topological polar surface area (TPSA) is 121 Å². The first-order valence-electron chi connectivity index (χ1n) is 10.6. The van der Waals surface area contributed by atoms with Crippen molar-refractivity contribution in [3.63, 3.8) is 0 Å². The number of rotatable bonds is 5. The number of nitrogen functional groups attached to an aromatic ring is 1. The fourth-order valence-electron chi connectivity index (χ4n) is 4.13. The monoisotopic (exact) mass is 459 g/mol. The second-order valence-electron chi connectivity index (χ2n) is 7.96. The Kier molecular flexibility index (Phi) is 5.25. The molecule has 0 aliphatic carbocycles. The smallest absolute Gasteiger partial charge is 0.278 e. The molecule has 0 saturated heterocycles. The number of carbonyl (C=O) groups excluding carboxylic acids is 1. The molecule has 1 amide bonds. The van der Waals surface area contributed by atoms with Gasteiger partial charge in [0.05, 0.1) is 11.6 Å². The number of nitrogens with zero attached hydrogens (tertiary/aromatic N) is 4. The highest BCUT2D eigenvalue weighted by Crippen LogP contribution is 2.34. The molecule has 9 nitrogen and oxygen atoms in total. The highest BCUT2D eigenvalue weighted by molar-refractivity contribution is 6.06. The molecule has 34 heavy (non-hydrogen) atoms. The molecule has 5 rings (SSSR count). The van der Waals surface area contributed by atoms with Gasteiger partial charge in [0.25, 0.3) is 5.91 Å². The van der Waals surface area contributed by atoms with Gasteiger partial charge in [0.1, 0.15) is 41.4 Å². The average Bonchev–Trinajstić information content (AvgIpc) is 3.28. The van der Waals surface area contributed by atoms with Crippen LogP contribution in [-0.4, -0.2) is 37.9 Å². The highest BCUT2D eigenvalue weighted by atomic mass is 19.1. The lowest BCUT2D eigenvalue weighted by Crippen LogP contribution is -2.59. The maximum atomic E-state index is 14.0. The number of phenolic OH excluding ortho intramolecular Hbond substituents is 1. The van der Waals surface area contributed by atoms with E-state index < -0.39 is 18.0 Å². The third-order valence-electron chi connectivity index (χ3n) is 5.66. The Bertz CT molecular complexity index is 1340. The lowest BCUT2D eigenvalue weighted by atomic mass is 10.1. The molecule has 2 aromatic carbocycles. The van der Waals surface area contributed by atoms with Crippen LogP contribution < -0.4 is 21.4 Å². The summed E-state index contributed by atoms with van der Waals surface area (Å²) in [7, 11) is 0. The van der Waals surface area contributed by atoms with E-state index >= 15 is 0 Å². The normalized spacial score (nSPS) is 16.0. The molecule has 10 heteroatoms. The largest absolute Gasteiger partial charge is 0.508 e. The van der Waals surface area contributed by atoms with Crippen molar-refractivity contribution < 1.29 is 14.3 Å². The Balaban J connectivity index is 1.53. The number of amides is 1. The van der Waals surface area contributed by atoms with E-state index in [1.165, 1.54) is 18.5 Å². The number of phenols is 1. The van der Waals surface area contributed by atoms with Crippen molar-refractivity contribution in [2.45, 2.75) is 19.1 Å². The maximum absolute atomic E-state index is 14.0. The van der Waals surface area contributed by atoms with Crippen LogP contribution in [0.2, 0.25) is 0 Å². The summed E-state index contributed by atoms with van der Waals surface area (Å²) in [4.78, 5) is 23.4. The van der Waals surface area contributed by atoms with Gasteiger partial charge < -0.3 is 21.6 Å². The third-order valence-corrected chi connectivity index (χ3v) is 5.66. The number of halogens is 1. The van der Waals surface area contributed by atoms with Crippen molar-refractivity contribution in [2.75, 3.05) is 21.4 Å². The molecule has 4 aromatic rings. The molecule has 5 N–H and O–H groups in total. The minimum atomic E-state index is -0.618. The third kappa shape index (κ3) is 3.75. The Morgan fingerprint density at radius 1 is 1.15 bits per heavy atom. The molecule has 1 unspecified atom stereocenters. The van der Waals surface area contributed by atoms with E-state index in [4.69, 9.17) is 5.73 Å². The number of nitrogens with one attached hydrogen (secondary N) is 2. The molecule has 172 valence electrons. The van der Waals surface area contributed by atoms with Gasteiger partial charge in [-0.1, -0.05) is 18.2 Å². The summed E-state index contributed by atoms with van der Waals surface area (Å²) in [5.41, 5.74) is 11.4. The van der Waals surface area contributed by atoms with Crippen molar-refractivity contribution in [3.8, 4) is 16.9 Å². The van der Waals surface area contributed by atoms with E-state index in [9.17, 15) is 14.3 Å². The van der Waals surface area contributed by atoms with Crippen molar-refractivity contribution in [1.29, 1.82) is 0 Å². The van der Waals surface area contributed by atoms with Crippen LogP contribution in [0.15, 0.2) is 73.2 Å². The Hall–Kier alpha value is -4.60.